The fourth-order valence-electron chi connectivity index (χ4n) is 1.69. The molecule has 22 heavy (non-hydrogen) atoms. The van der Waals surface area contributed by atoms with Crippen molar-refractivity contribution in [2.45, 2.75) is 6.92 Å². The lowest BCUT2D eigenvalue weighted by Gasteiger charge is -2.06. The molecule has 0 heterocycles. The largest absolute Gasteiger partial charge is 0.376 e. The number of rotatable bonds is 5. The normalized spacial score (nSPS) is 11.1. The van der Waals surface area contributed by atoms with E-state index in [1.54, 1.807) is 12.1 Å². The van der Waals surface area contributed by atoms with E-state index in [-0.39, 0.29) is 12.5 Å². The number of anilines is 1. The fraction of sp³-hybridized carbons (Fsp3) is 0.125. The summed E-state index contributed by atoms with van der Waals surface area (Å²) < 4.78 is 0.991. The van der Waals surface area contributed by atoms with E-state index in [4.69, 9.17) is 11.6 Å². The number of carbonyl (C=O) groups excluding carboxylic acids is 1. The zero-order valence-corrected chi connectivity index (χ0v) is 14.3. The van der Waals surface area contributed by atoms with Gasteiger partial charge in [-0.25, -0.2) is 5.43 Å². The summed E-state index contributed by atoms with van der Waals surface area (Å²) in [5.74, 6) is -0.212. The summed E-state index contributed by atoms with van der Waals surface area (Å²) in [5, 5.41) is 7.77. The van der Waals surface area contributed by atoms with Crippen LogP contribution >= 0.6 is 27.5 Å². The van der Waals surface area contributed by atoms with Gasteiger partial charge in [0.15, 0.2) is 0 Å². The highest BCUT2D eigenvalue weighted by atomic mass is 79.9. The molecule has 0 aliphatic heterocycles. The maximum atomic E-state index is 11.8. The van der Waals surface area contributed by atoms with Crippen molar-refractivity contribution in [1.29, 1.82) is 0 Å². The smallest absolute Gasteiger partial charge is 0.259 e. The molecule has 2 aromatic carbocycles. The molecule has 0 atom stereocenters. The topological polar surface area (TPSA) is 53.5 Å². The van der Waals surface area contributed by atoms with Gasteiger partial charge in [0.1, 0.15) is 0 Å². The molecule has 0 aromatic heterocycles. The zero-order chi connectivity index (χ0) is 15.9. The average molecular weight is 381 g/mol. The minimum atomic E-state index is -0.212. The number of hydrogen-bond acceptors (Lipinski definition) is 3. The van der Waals surface area contributed by atoms with Gasteiger partial charge >= 0.3 is 0 Å². The first-order valence-corrected chi connectivity index (χ1v) is 7.80. The van der Waals surface area contributed by atoms with E-state index in [0.29, 0.717) is 10.7 Å². The highest BCUT2D eigenvalue weighted by Crippen LogP contribution is 2.13. The molecule has 0 saturated carbocycles. The first-order valence-electron chi connectivity index (χ1n) is 6.63. The summed E-state index contributed by atoms with van der Waals surface area (Å²) in [6.45, 7) is 1.98. The lowest BCUT2D eigenvalue weighted by atomic mass is 10.1. The average Bonchev–Trinajstić information content (AvgIpc) is 2.52. The molecule has 2 aromatic rings. The minimum absolute atomic E-state index is 0.152. The van der Waals surface area contributed by atoms with Crippen LogP contribution in [0.3, 0.4) is 0 Å². The Hall–Kier alpha value is -1.85. The number of nitrogens with zero attached hydrogens (tertiary/aromatic N) is 1. The van der Waals surface area contributed by atoms with E-state index in [1.807, 2.05) is 43.3 Å². The highest BCUT2D eigenvalue weighted by Gasteiger charge is 2.02. The van der Waals surface area contributed by atoms with E-state index in [0.717, 1.165) is 15.7 Å². The third kappa shape index (κ3) is 5.16. The molecular weight excluding hydrogens is 366 g/mol. The zero-order valence-electron chi connectivity index (χ0n) is 11.9. The lowest BCUT2D eigenvalue weighted by Crippen LogP contribution is -2.26. The highest BCUT2D eigenvalue weighted by molar-refractivity contribution is 9.10. The molecular formula is C16H15BrClN3O. The summed E-state index contributed by atoms with van der Waals surface area (Å²) in [6.07, 6.45) is 0. The summed E-state index contributed by atoms with van der Waals surface area (Å²) in [4.78, 5) is 11.8. The molecule has 0 aliphatic carbocycles. The third-order valence-electron chi connectivity index (χ3n) is 2.91. The van der Waals surface area contributed by atoms with Crippen molar-refractivity contribution in [1.82, 2.24) is 5.43 Å². The molecule has 0 spiro atoms. The molecule has 0 bridgehead atoms. The third-order valence-corrected chi connectivity index (χ3v) is 3.69. The van der Waals surface area contributed by atoms with Crippen LogP contribution in [-0.4, -0.2) is 18.2 Å². The van der Waals surface area contributed by atoms with Gasteiger partial charge in [0.25, 0.3) is 5.91 Å². The second-order valence-electron chi connectivity index (χ2n) is 4.60. The van der Waals surface area contributed by atoms with E-state index in [9.17, 15) is 4.79 Å². The molecule has 0 saturated heterocycles. The molecule has 2 rings (SSSR count). The Morgan fingerprint density at radius 3 is 2.41 bits per heavy atom. The van der Waals surface area contributed by atoms with Crippen LogP contribution in [0.2, 0.25) is 5.02 Å². The molecule has 2 N–H and O–H groups in total. The molecule has 4 nitrogen and oxygen atoms in total. The van der Waals surface area contributed by atoms with Gasteiger partial charge < -0.3 is 5.32 Å². The van der Waals surface area contributed by atoms with Gasteiger partial charge in [-0.2, -0.15) is 5.10 Å². The van der Waals surface area contributed by atoms with Crippen molar-refractivity contribution in [2.24, 2.45) is 5.10 Å². The predicted octanol–water partition coefficient (Wildman–Crippen LogP) is 4.05. The van der Waals surface area contributed by atoms with Crippen LogP contribution in [0.15, 0.2) is 58.1 Å². The summed E-state index contributed by atoms with van der Waals surface area (Å²) in [7, 11) is 0. The summed E-state index contributed by atoms with van der Waals surface area (Å²) in [6, 6.07) is 14.9. The molecule has 1 amide bonds. The van der Waals surface area contributed by atoms with Gasteiger partial charge in [0, 0.05) is 15.2 Å². The first-order chi connectivity index (χ1) is 10.5. The van der Waals surface area contributed by atoms with Gasteiger partial charge in [-0.3, -0.25) is 4.79 Å². The van der Waals surface area contributed by atoms with E-state index >= 15 is 0 Å². The number of carbonyl (C=O) groups is 1. The van der Waals surface area contributed by atoms with Crippen LogP contribution in [0.25, 0.3) is 0 Å². The first kappa shape index (κ1) is 16.5. The molecule has 0 fully saturated rings. The van der Waals surface area contributed by atoms with Crippen molar-refractivity contribution in [3.63, 3.8) is 0 Å². The van der Waals surface area contributed by atoms with Gasteiger partial charge in [-0.05, 0) is 48.9 Å². The Morgan fingerprint density at radius 2 is 1.77 bits per heavy atom. The van der Waals surface area contributed by atoms with E-state index in [2.05, 4.69) is 31.8 Å². The Balaban J connectivity index is 1.85. The fourth-order valence-corrected chi connectivity index (χ4v) is 2.08. The van der Waals surface area contributed by atoms with Crippen LogP contribution < -0.4 is 10.7 Å². The molecule has 0 unspecified atom stereocenters. The number of hydrogen-bond donors (Lipinski definition) is 2. The van der Waals surface area contributed by atoms with Crippen LogP contribution in [0.1, 0.15) is 12.5 Å². The second-order valence-corrected chi connectivity index (χ2v) is 5.95. The van der Waals surface area contributed by atoms with E-state index < -0.39 is 0 Å². The van der Waals surface area contributed by atoms with Crippen LogP contribution in [0, 0.1) is 0 Å². The Morgan fingerprint density at radius 1 is 1.14 bits per heavy atom. The van der Waals surface area contributed by atoms with Crippen molar-refractivity contribution < 1.29 is 4.79 Å². The van der Waals surface area contributed by atoms with Crippen molar-refractivity contribution in [3.8, 4) is 0 Å². The van der Waals surface area contributed by atoms with Gasteiger partial charge in [0.2, 0.25) is 0 Å². The summed E-state index contributed by atoms with van der Waals surface area (Å²) in [5.41, 5.74) is 5.02. The van der Waals surface area contributed by atoms with Crippen LogP contribution in [-0.2, 0) is 4.79 Å². The van der Waals surface area contributed by atoms with Crippen LogP contribution in [0.5, 0.6) is 0 Å². The maximum absolute atomic E-state index is 11.8. The molecule has 6 heteroatoms. The minimum Gasteiger partial charge on any atom is -0.376 e. The molecule has 114 valence electrons. The monoisotopic (exact) mass is 379 g/mol. The van der Waals surface area contributed by atoms with Crippen molar-refractivity contribution in [2.75, 3.05) is 11.9 Å². The van der Waals surface area contributed by atoms with Crippen molar-refractivity contribution in [3.05, 3.63) is 63.6 Å². The number of halogens is 2. The predicted molar refractivity (Wildman–Crippen MR) is 94.4 cm³/mol. The Labute approximate surface area is 142 Å². The molecule has 0 radical (unpaired) electrons. The quantitative estimate of drug-likeness (QED) is 0.607. The number of amides is 1. The molecule has 0 aliphatic rings. The standard InChI is InChI=1S/C16H15BrClN3O/c1-11(12-2-6-14(18)7-3-12)20-21-16(22)10-19-15-8-4-13(17)5-9-15/h2-9,19H,10H2,1H3,(H,21,22)/b20-11-. The van der Waals surface area contributed by atoms with E-state index in [1.165, 1.54) is 0 Å². The SMILES string of the molecule is C/C(=N/NC(=O)CNc1ccc(Br)cc1)c1ccc(Cl)cc1. The van der Waals surface area contributed by atoms with Gasteiger partial charge in [0.05, 0.1) is 12.3 Å². The Kier molecular flexibility index (Phi) is 5.98. The maximum Gasteiger partial charge on any atom is 0.259 e. The number of benzene rings is 2. The van der Waals surface area contributed by atoms with Crippen molar-refractivity contribution >= 4 is 44.8 Å². The summed E-state index contributed by atoms with van der Waals surface area (Å²) >= 11 is 9.19. The second kappa shape index (κ2) is 7.96. The lowest BCUT2D eigenvalue weighted by molar-refractivity contribution is -0.119. The van der Waals surface area contributed by atoms with Gasteiger partial charge in [-0.15, -0.1) is 0 Å². The van der Waals surface area contributed by atoms with Crippen LogP contribution in [0.4, 0.5) is 5.69 Å². The van der Waals surface area contributed by atoms with Gasteiger partial charge in [-0.1, -0.05) is 39.7 Å². The number of hydrazone groups is 1. The number of nitrogens with one attached hydrogen (secondary N) is 2. The Bertz CT molecular complexity index is 669.